The number of hydrogen-bond donors (Lipinski definition) is 4. The summed E-state index contributed by atoms with van der Waals surface area (Å²) < 4.78 is 4.52. The van der Waals surface area contributed by atoms with Crippen LogP contribution < -0.4 is 24.3 Å². The van der Waals surface area contributed by atoms with E-state index < -0.39 is 17.2 Å². The molecule has 0 aromatic rings. The van der Waals surface area contributed by atoms with Crippen molar-refractivity contribution in [1.82, 2.24) is 5.32 Å². The summed E-state index contributed by atoms with van der Waals surface area (Å²) in [5, 5.41) is 20.1. The maximum atomic E-state index is 10.6. The number of halogens is 3. The Morgan fingerprint density at radius 2 is 1.45 bits per heavy atom. The molecule has 0 unspecified atom stereocenters. The maximum absolute atomic E-state index is 10.6. The van der Waals surface area contributed by atoms with Crippen LogP contribution in [0.3, 0.4) is 0 Å². The van der Waals surface area contributed by atoms with Crippen LogP contribution in [-0.2, 0) is 14.3 Å². The quantitative estimate of drug-likeness (QED) is 0.209. The van der Waals surface area contributed by atoms with Gasteiger partial charge in [0.2, 0.25) is 0 Å². The Morgan fingerprint density at radius 3 is 1.50 bits per heavy atom. The van der Waals surface area contributed by atoms with E-state index in [0.29, 0.717) is 19.9 Å². The fourth-order valence-corrected chi connectivity index (χ4v) is 0.614. The van der Waals surface area contributed by atoms with E-state index in [1.807, 2.05) is 0 Å². The first-order valence-electron chi connectivity index (χ1n) is 6.17. The number of rotatable bonds is 3. The van der Waals surface area contributed by atoms with Crippen molar-refractivity contribution >= 4 is 49.1 Å². The molecule has 10 heteroatoms. The molecule has 7 nitrogen and oxygen atoms in total. The average molecular weight is 661 g/mol. The van der Waals surface area contributed by atoms with Gasteiger partial charge in [0.25, 0.3) is 5.91 Å². The first-order valence-corrected chi connectivity index (χ1v) is 18.7. The average Bonchev–Trinajstić information content (AvgIpc) is 2.40. The summed E-state index contributed by atoms with van der Waals surface area (Å²) >= 11 is 5.30. The Kier molecular flexibility index (Phi) is 25.7. The topological polar surface area (TPSA) is 122 Å². The zero-order valence-corrected chi connectivity index (χ0v) is 20.5. The van der Waals surface area contributed by atoms with Gasteiger partial charge in [-0.25, -0.2) is 4.79 Å². The van der Waals surface area contributed by atoms with E-state index in [9.17, 15) is 9.59 Å². The van der Waals surface area contributed by atoms with Crippen molar-refractivity contribution in [1.29, 1.82) is 0 Å². The van der Waals surface area contributed by atoms with E-state index in [1.54, 1.807) is 6.92 Å². The summed E-state index contributed by atoms with van der Waals surface area (Å²) in [7, 11) is 2.99. The standard InChI is InChI=1S/C6H12O3.C5H11NO2.CH5N.I3/c1-4-9-5(7)6(2,3)8;1-5(2,8)4(7)6-3;1-2;1-3-2/h8H,4H2,1-3H3;8H,1-3H3,(H,6,7);2H2,1H3;/q;;;-1. The first kappa shape index (κ1) is 30.8. The molecule has 0 rings (SSSR count). The molecular formula is C12H28I3N2O5-. The van der Waals surface area contributed by atoms with Crippen LogP contribution in [0.15, 0.2) is 0 Å². The van der Waals surface area contributed by atoms with Crippen LogP contribution in [-0.4, -0.2) is 54.0 Å². The number of hydrogen-bond acceptors (Lipinski definition) is 6. The Bertz CT molecular complexity index is 279. The third kappa shape index (κ3) is 25.9. The van der Waals surface area contributed by atoms with Crippen molar-refractivity contribution in [3.8, 4) is 0 Å². The second kappa shape index (κ2) is 18.4. The molecule has 0 aromatic carbocycles. The van der Waals surface area contributed by atoms with Gasteiger partial charge in [-0.2, -0.15) is 0 Å². The van der Waals surface area contributed by atoms with E-state index in [0.717, 1.165) is 0 Å². The minimum absolute atomic E-state index is 0.308. The number of aliphatic hydroxyl groups is 2. The second-order valence-corrected chi connectivity index (χ2v) is 20.7. The van der Waals surface area contributed by atoms with Crippen LogP contribution in [0, 0.1) is 0 Å². The summed E-state index contributed by atoms with van der Waals surface area (Å²) in [5.74, 6) is -0.942. The van der Waals surface area contributed by atoms with Gasteiger partial charge in [0.15, 0.2) is 5.60 Å². The van der Waals surface area contributed by atoms with Crippen LogP contribution in [0.1, 0.15) is 34.6 Å². The molecule has 0 fully saturated rings. The minimum atomic E-state index is -1.35. The van der Waals surface area contributed by atoms with Gasteiger partial charge in [-0.15, -0.1) is 0 Å². The third-order valence-corrected chi connectivity index (χ3v) is 1.56. The predicted molar refractivity (Wildman–Crippen MR) is 101 cm³/mol. The van der Waals surface area contributed by atoms with Gasteiger partial charge in [0, 0.05) is 7.05 Å². The molecule has 1 amide bonds. The zero-order chi connectivity index (χ0) is 19.0. The monoisotopic (exact) mass is 661 g/mol. The number of carbonyl (C=O) groups is 2. The Hall–Kier alpha value is 1.01. The first-order chi connectivity index (χ1) is 9.88. The molecule has 0 atom stereocenters. The van der Waals surface area contributed by atoms with Gasteiger partial charge in [-0.1, -0.05) is 0 Å². The molecule has 0 aliphatic rings. The van der Waals surface area contributed by atoms with Crippen molar-refractivity contribution in [3.63, 3.8) is 0 Å². The van der Waals surface area contributed by atoms with Gasteiger partial charge in [0.05, 0.1) is 6.61 Å². The molecule has 0 saturated heterocycles. The number of nitrogens with two attached hydrogens (primary N) is 1. The Labute approximate surface area is 163 Å². The van der Waals surface area contributed by atoms with Gasteiger partial charge in [0.1, 0.15) is 5.60 Å². The second-order valence-electron chi connectivity index (χ2n) is 4.47. The third-order valence-electron chi connectivity index (χ3n) is 1.56. The van der Waals surface area contributed by atoms with Gasteiger partial charge >= 0.3 is 56.5 Å². The zero-order valence-electron chi connectivity index (χ0n) is 14.0. The SMILES string of the molecule is CCOC(=O)C(C)(C)O.CN.CNC(=O)C(C)(C)O.I[I-]I. The number of esters is 1. The molecule has 0 heterocycles. The van der Waals surface area contributed by atoms with Crippen LogP contribution >= 0.6 is 37.2 Å². The molecule has 5 N–H and O–H groups in total. The molecule has 0 radical (unpaired) electrons. The van der Waals surface area contributed by atoms with E-state index >= 15 is 0 Å². The Balaban J connectivity index is -0.000000114. The fraction of sp³-hybridized carbons (Fsp3) is 0.833. The van der Waals surface area contributed by atoms with Crippen molar-refractivity contribution < 1.29 is 37.8 Å². The summed E-state index contributed by atoms with van der Waals surface area (Å²) in [4.78, 5) is 21.1. The van der Waals surface area contributed by atoms with E-state index in [-0.39, 0.29) is 5.91 Å². The van der Waals surface area contributed by atoms with Crippen molar-refractivity contribution in [2.24, 2.45) is 5.73 Å². The normalized spacial score (nSPS) is 9.82. The summed E-state index contributed by atoms with van der Waals surface area (Å²) in [6.45, 7) is 7.67. The molecule has 0 bridgehead atoms. The number of carbonyl (C=O) groups excluding carboxylic acids is 2. The molecule has 0 spiro atoms. The number of ether oxygens (including phenoxy) is 1. The molecule has 0 aliphatic carbocycles. The number of nitrogens with one attached hydrogen (secondary N) is 1. The molecular weight excluding hydrogens is 633 g/mol. The predicted octanol–water partition coefficient (Wildman–Crippen LogP) is -1.83. The van der Waals surface area contributed by atoms with E-state index in [2.05, 4.69) is 53.0 Å². The van der Waals surface area contributed by atoms with Gasteiger partial charge in [-0.3, -0.25) is 4.79 Å². The molecule has 138 valence electrons. The summed E-state index contributed by atoms with van der Waals surface area (Å²) in [6.07, 6.45) is 0. The molecule has 0 saturated carbocycles. The van der Waals surface area contributed by atoms with Crippen LogP contribution in [0.5, 0.6) is 0 Å². The van der Waals surface area contributed by atoms with Crippen molar-refractivity contribution in [3.05, 3.63) is 0 Å². The van der Waals surface area contributed by atoms with Gasteiger partial charge in [-0.05, 0) is 41.7 Å². The van der Waals surface area contributed by atoms with Crippen LogP contribution in [0.4, 0.5) is 0 Å². The van der Waals surface area contributed by atoms with E-state index in [1.165, 1.54) is 41.8 Å². The fourth-order valence-electron chi connectivity index (χ4n) is 0.614. The summed E-state index contributed by atoms with van der Waals surface area (Å²) in [6, 6.07) is 0. The number of likely N-dealkylation sites (N-methyl/N-ethyl adjacent to an activating group) is 1. The van der Waals surface area contributed by atoms with Crippen LogP contribution in [0.2, 0.25) is 0 Å². The van der Waals surface area contributed by atoms with Crippen molar-refractivity contribution in [2.75, 3.05) is 20.7 Å². The number of amides is 1. The Morgan fingerprint density at radius 1 is 1.14 bits per heavy atom. The van der Waals surface area contributed by atoms with Crippen molar-refractivity contribution in [2.45, 2.75) is 45.8 Å². The van der Waals surface area contributed by atoms with E-state index in [4.69, 9.17) is 10.2 Å². The van der Waals surface area contributed by atoms with Crippen LogP contribution in [0.25, 0.3) is 0 Å². The summed E-state index contributed by atoms with van der Waals surface area (Å²) in [5.41, 5.74) is 1.91. The molecule has 22 heavy (non-hydrogen) atoms. The molecule has 0 aliphatic heterocycles. The van der Waals surface area contributed by atoms with Gasteiger partial charge < -0.3 is 26.0 Å². The molecule has 0 aromatic heterocycles.